The lowest BCUT2D eigenvalue weighted by Crippen LogP contribution is -2.52. The Kier molecular flexibility index (Phi) is 3.47. The largest absolute Gasteiger partial charge is 0.350 e. The van der Waals surface area contributed by atoms with E-state index >= 15 is 0 Å². The van der Waals surface area contributed by atoms with Crippen LogP contribution in [0.15, 0.2) is 6.20 Å². The quantitative estimate of drug-likeness (QED) is 0.726. The number of carbonyl (C=O) groups excluding carboxylic acids is 1. The van der Waals surface area contributed by atoms with E-state index in [0.29, 0.717) is 6.54 Å². The van der Waals surface area contributed by atoms with Gasteiger partial charge in [-0.15, -0.1) is 0 Å². The first-order valence-electron chi connectivity index (χ1n) is 6.20. The highest BCUT2D eigenvalue weighted by Gasteiger charge is 2.38. The molecule has 2 rings (SSSR count). The Bertz CT molecular complexity index is 393. The number of aromatic amines is 1. The molecule has 1 aromatic heterocycles. The fourth-order valence-electron chi connectivity index (χ4n) is 2.36. The van der Waals surface area contributed by atoms with Crippen LogP contribution < -0.4 is 10.6 Å². The second kappa shape index (κ2) is 4.87. The maximum Gasteiger partial charge on any atom is 0.240 e. The van der Waals surface area contributed by atoms with Gasteiger partial charge in [-0.2, -0.15) is 5.10 Å². The van der Waals surface area contributed by atoms with Crippen LogP contribution in [-0.4, -0.2) is 28.2 Å². The van der Waals surface area contributed by atoms with E-state index in [1.165, 1.54) is 0 Å². The molecule has 0 spiro atoms. The van der Waals surface area contributed by atoms with Gasteiger partial charge in [0.2, 0.25) is 5.91 Å². The van der Waals surface area contributed by atoms with Crippen molar-refractivity contribution in [1.29, 1.82) is 0 Å². The van der Waals surface area contributed by atoms with Gasteiger partial charge in [-0.3, -0.25) is 9.89 Å². The molecule has 1 unspecified atom stereocenters. The average molecular weight is 236 g/mol. The van der Waals surface area contributed by atoms with Crippen molar-refractivity contribution in [2.45, 2.75) is 45.2 Å². The van der Waals surface area contributed by atoms with Crippen LogP contribution in [0.4, 0.5) is 0 Å². The van der Waals surface area contributed by atoms with Crippen molar-refractivity contribution < 1.29 is 4.79 Å². The molecule has 5 heteroatoms. The Morgan fingerprint density at radius 2 is 2.47 bits per heavy atom. The van der Waals surface area contributed by atoms with E-state index in [1.807, 2.05) is 6.92 Å². The first-order chi connectivity index (χ1) is 8.18. The predicted molar refractivity (Wildman–Crippen MR) is 65.4 cm³/mol. The lowest BCUT2D eigenvalue weighted by Gasteiger charge is -2.26. The van der Waals surface area contributed by atoms with E-state index in [1.54, 1.807) is 6.20 Å². The van der Waals surface area contributed by atoms with E-state index in [0.717, 1.165) is 37.1 Å². The van der Waals surface area contributed by atoms with Gasteiger partial charge >= 0.3 is 0 Å². The monoisotopic (exact) mass is 236 g/mol. The summed E-state index contributed by atoms with van der Waals surface area (Å²) >= 11 is 0. The Labute approximate surface area is 101 Å². The average Bonchev–Trinajstić information content (AvgIpc) is 2.95. The van der Waals surface area contributed by atoms with Gasteiger partial charge in [-0.05, 0) is 32.7 Å². The minimum absolute atomic E-state index is 0.109. The van der Waals surface area contributed by atoms with Crippen molar-refractivity contribution in [3.63, 3.8) is 0 Å². The number of hydrogen-bond acceptors (Lipinski definition) is 3. The summed E-state index contributed by atoms with van der Waals surface area (Å²) in [7, 11) is 0. The summed E-state index contributed by atoms with van der Waals surface area (Å²) in [5.74, 6) is 0.109. The lowest BCUT2D eigenvalue weighted by atomic mass is 9.93. The van der Waals surface area contributed by atoms with Crippen LogP contribution in [0, 0.1) is 6.92 Å². The molecule has 17 heavy (non-hydrogen) atoms. The van der Waals surface area contributed by atoms with Gasteiger partial charge in [0.25, 0.3) is 0 Å². The summed E-state index contributed by atoms with van der Waals surface area (Å²) in [5, 5.41) is 13.1. The predicted octanol–water partition coefficient (Wildman–Crippen LogP) is 0.867. The first-order valence-corrected chi connectivity index (χ1v) is 6.20. The molecule has 1 amide bonds. The topological polar surface area (TPSA) is 69.8 Å². The third kappa shape index (κ3) is 2.34. The van der Waals surface area contributed by atoms with Crippen LogP contribution >= 0.6 is 0 Å². The van der Waals surface area contributed by atoms with Crippen molar-refractivity contribution in [1.82, 2.24) is 20.8 Å². The van der Waals surface area contributed by atoms with Crippen LogP contribution in [0.2, 0.25) is 0 Å². The maximum atomic E-state index is 12.2. The molecule has 1 aliphatic heterocycles. The molecule has 1 saturated heterocycles. The van der Waals surface area contributed by atoms with Gasteiger partial charge in [-0.25, -0.2) is 0 Å². The van der Waals surface area contributed by atoms with E-state index in [-0.39, 0.29) is 11.4 Å². The van der Waals surface area contributed by atoms with Gasteiger partial charge in [0.1, 0.15) is 0 Å². The third-order valence-electron chi connectivity index (χ3n) is 3.66. The summed E-state index contributed by atoms with van der Waals surface area (Å²) in [6.45, 7) is 5.50. The Morgan fingerprint density at radius 3 is 3.00 bits per heavy atom. The molecule has 0 saturated carbocycles. The highest BCUT2D eigenvalue weighted by Crippen LogP contribution is 2.23. The second-order valence-corrected chi connectivity index (χ2v) is 4.67. The molecule has 0 aliphatic carbocycles. The summed E-state index contributed by atoms with van der Waals surface area (Å²) in [4.78, 5) is 12.2. The van der Waals surface area contributed by atoms with Crippen molar-refractivity contribution in [2.75, 3.05) is 6.54 Å². The van der Waals surface area contributed by atoms with Crippen molar-refractivity contribution >= 4 is 5.91 Å². The number of aromatic nitrogens is 2. The number of H-pyrrole nitrogens is 1. The van der Waals surface area contributed by atoms with Crippen LogP contribution in [0.25, 0.3) is 0 Å². The molecule has 1 fully saturated rings. The Morgan fingerprint density at radius 1 is 1.65 bits per heavy atom. The van der Waals surface area contributed by atoms with E-state index in [9.17, 15) is 4.79 Å². The number of rotatable bonds is 4. The summed E-state index contributed by atoms with van der Waals surface area (Å²) in [6, 6.07) is 0. The third-order valence-corrected chi connectivity index (χ3v) is 3.66. The zero-order valence-electron chi connectivity index (χ0n) is 10.5. The minimum atomic E-state index is -0.350. The number of aryl methyl sites for hydroxylation is 1. The molecule has 94 valence electrons. The van der Waals surface area contributed by atoms with Gasteiger partial charge in [0.05, 0.1) is 11.7 Å². The molecule has 1 aliphatic rings. The Balaban J connectivity index is 1.95. The number of nitrogens with zero attached hydrogens (tertiary/aromatic N) is 1. The summed E-state index contributed by atoms with van der Waals surface area (Å²) in [6.07, 6.45) is 4.60. The van der Waals surface area contributed by atoms with Crippen LogP contribution in [-0.2, 0) is 11.3 Å². The first kappa shape index (κ1) is 12.1. The highest BCUT2D eigenvalue weighted by molar-refractivity contribution is 5.86. The normalized spacial score (nSPS) is 23.9. The number of amides is 1. The smallest absolute Gasteiger partial charge is 0.240 e. The van der Waals surface area contributed by atoms with Crippen LogP contribution in [0.1, 0.15) is 37.4 Å². The molecular formula is C12H20N4O. The lowest BCUT2D eigenvalue weighted by molar-refractivity contribution is -0.127. The molecule has 0 bridgehead atoms. The van der Waals surface area contributed by atoms with E-state index in [2.05, 4.69) is 27.8 Å². The molecule has 1 atom stereocenters. The summed E-state index contributed by atoms with van der Waals surface area (Å²) < 4.78 is 0. The van der Waals surface area contributed by atoms with Gasteiger partial charge in [0.15, 0.2) is 0 Å². The van der Waals surface area contributed by atoms with Crippen molar-refractivity contribution in [2.24, 2.45) is 0 Å². The number of carbonyl (C=O) groups is 1. The highest BCUT2D eigenvalue weighted by atomic mass is 16.2. The fraction of sp³-hybridized carbons (Fsp3) is 0.667. The number of hydrogen-bond donors (Lipinski definition) is 3. The zero-order valence-corrected chi connectivity index (χ0v) is 10.5. The fourth-order valence-corrected chi connectivity index (χ4v) is 2.36. The van der Waals surface area contributed by atoms with Crippen LogP contribution in [0.3, 0.4) is 0 Å². The standard InChI is InChI=1S/C12H20N4O/c1-3-12(5-4-6-14-12)11(17)13-7-10-8-15-16-9(10)2/h8,14H,3-7H2,1-2H3,(H,13,17)(H,15,16). The van der Waals surface area contributed by atoms with Gasteiger partial charge < -0.3 is 10.6 Å². The van der Waals surface area contributed by atoms with Gasteiger partial charge in [-0.1, -0.05) is 6.92 Å². The SMILES string of the molecule is CCC1(C(=O)NCc2cn[nH]c2C)CCCN1. The van der Waals surface area contributed by atoms with Crippen molar-refractivity contribution in [3.05, 3.63) is 17.5 Å². The summed E-state index contributed by atoms with van der Waals surface area (Å²) in [5.41, 5.74) is 1.70. The van der Waals surface area contributed by atoms with Crippen LogP contribution in [0.5, 0.6) is 0 Å². The van der Waals surface area contributed by atoms with E-state index < -0.39 is 0 Å². The molecule has 2 heterocycles. The Hall–Kier alpha value is -1.36. The zero-order chi connectivity index (χ0) is 12.3. The van der Waals surface area contributed by atoms with Crippen molar-refractivity contribution in [3.8, 4) is 0 Å². The van der Waals surface area contributed by atoms with Gasteiger partial charge in [0, 0.05) is 17.8 Å². The second-order valence-electron chi connectivity index (χ2n) is 4.67. The molecule has 0 aromatic carbocycles. The molecule has 3 N–H and O–H groups in total. The molecule has 5 nitrogen and oxygen atoms in total. The molecule has 1 aromatic rings. The molecular weight excluding hydrogens is 216 g/mol. The minimum Gasteiger partial charge on any atom is -0.350 e. The molecule has 0 radical (unpaired) electrons. The van der Waals surface area contributed by atoms with E-state index in [4.69, 9.17) is 0 Å². The number of nitrogens with one attached hydrogen (secondary N) is 3. The maximum absolute atomic E-state index is 12.2.